The third kappa shape index (κ3) is 2.29. The summed E-state index contributed by atoms with van der Waals surface area (Å²) in [5.41, 5.74) is 2.16. The zero-order chi connectivity index (χ0) is 11.6. The summed E-state index contributed by atoms with van der Waals surface area (Å²) < 4.78 is 5.09. The van der Waals surface area contributed by atoms with Crippen molar-refractivity contribution in [2.45, 2.75) is 26.7 Å². The number of rotatable bonds is 3. The van der Waals surface area contributed by atoms with Crippen LogP contribution in [0.15, 0.2) is 12.1 Å². The number of carboxylic acid groups (broad SMARTS) is 1. The average molecular weight is 208 g/mol. The molecule has 0 fully saturated rings. The summed E-state index contributed by atoms with van der Waals surface area (Å²) in [6, 6.07) is 3.45. The van der Waals surface area contributed by atoms with Gasteiger partial charge in [0.2, 0.25) is 0 Å². The molecule has 82 valence electrons. The molecule has 15 heavy (non-hydrogen) atoms. The first kappa shape index (κ1) is 11.6. The lowest BCUT2D eigenvalue weighted by Gasteiger charge is -2.14. The van der Waals surface area contributed by atoms with Crippen LogP contribution in [0.25, 0.3) is 0 Å². The van der Waals surface area contributed by atoms with Crippen molar-refractivity contribution in [1.29, 1.82) is 0 Å². The van der Waals surface area contributed by atoms with E-state index in [0.717, 1.165) is 11.1 Å². The van der Waals surface area contributed by atoms with Gasteiger partial charge < -0.3 is 9.84 Å². The van der Waals surface area contributed by atoms with Gasteiger partial charge in [-0.25, -0.2) is 4.79 Å². The third-order valence-electron chi connectivity index (χ3n) is 2.51. The van der Waals surface area contributed by atoms with Crippen LogP contribution in [0, 0.1) is 6.92 Å². The van der Waals surface area contributed by atoms with E-state index in [1.54, 1.807) is 13.2 Å². The molecule has 0 saturated heterocycles. The molecule has 3 heteroatoms. The Morgan fingerprint density at radius 1 is 1.40 bits per heavy atom. The first-order valence-corrected chi connectivity index (χ1v) is 4.89. The van der Waals surface area contributed by atoms with Crippen molar-refractivity contribution in [2.75, 3.05) is 7.11 Å². The molecule has 0 aliphatic rings. The first-order valence-electron chi connectivity index (χ1n) is 4.89. The molecule has 3 nitrogen and oxygen atoms in total. The number of methoxy groups -OCH3 is 1. The highest BCUT2D eigenvalue weighted by Crippen LogP contribution is 2.27. The van der Waals surface area contributed by atoms with Crippen molar-refractivity contribution in [1.82, 2.24) is 0 Å². The summed E-state index contributed by atoms with van der Waals surface area (Å²) in [6.45, 7) is 5.90. The van der Waals surface area contributed by atoms with E-state index < -0.39 is 5.97 Å². The Morgan fingerprint density at radius 2 is 2.00 bits per heavy atom. The van der Waals surface area contributed by atoms with E-state index in [1.807, 2.05) is 26.8 Å². The summed E-state index contributed by atoms with van der Waals surface area (Å²) in [6.07, 6.45) is 0. The molecule has 0 heterocycles. The van der Waals surface area contributed by atoms with Gasteiger partial charge in [-0.1, -0.05) is 13.8 Å². The van der Waals surface area contributed by atoms with Crippen molar-refractivity contribution in [3.63, 3.8) is 0 Å². The van der Waals surface area contributed by atoms with E-state index in [-0.39, 0.29) is 5.92 Å². The average Bonchev–Trinajstić information content (AvgIpc) is 2.17. The van der Waals surface area contributed by atoms with Crippen molar-refractivity contribution in [3.05, 3.63) is 28.8 Å². The van der Waals surface area contributed by atoms with Crippen molar-refractivity contribution in [3.8, 4) is 5.75 Å². The number of carboxylic acids is 1. The van der Waals surface area contributed by atoms with Gasteiger partial charge in [-0.3, -0.25) is 0 Å². The standard InChI is InChI=1S/C12H16O3/c1-7(2)10-5-9(15-4)6-11(8(10)3)12(13)14/h5-7H,1-4H3,(H,13,14). The molecule has 0 amide bonds. The van der Waals surface area contributed by atoms with E-state index in [2.05, 4.69) is 0 Å². The van der Waals surface area contributed by atoms with Crippen LogP contribution in [0.4, 0.5) is 0 Å². The Morgan fingerprint density at radius 3 is 2.40 bits per heavy atom. The van der Waals surface area contributed by atoms with Gasteiger partial charge in [0.1, 0.15) is 5.75 Å². The van der Waals surface area contributed by atoms with Crippen LogP contribution >= 0.6 is 0 Å². The fourth-order valence-electron chi connectivity index (χ4n) is 1.65. The molecular formula is C12H16O3. The monoisotopic (exact) mass is 208 g/mol. The Balaban J connectivity index is 3.40. The molecule has 0 saturated carbocycles. The molecule has 1 N–H and O–H groups in total. The van der Waals surface area contributed by atoms with Gasteiger partial charge in [0.25, 0.3) is 0 Å². The number of hydrogen-bond donors (Lipinski definition) is 1. The lowest BCUT2D eigenvalue weighted by atomic mass is 9.94. The van der Waals surface area contributed by atoms with Gasteiger partial charge in [-0.2, -0.15) is 0 Å². The molecule has 0 aliphatic heterocycles. The second-order valence-electron chi connectivity index (χ2n) is 3.85. The maximum atomic E-state index is 11.0. The number of aromatic carboxylic acids is 1. The minimum atomic E-state index is -0.909. The predicted octanol–water partition coefficient (Wildman–Crippen LogP) is 2.83. The van der Waals surface area contributed by atoms with Gasteiger partial charge >= 0.3 is 5.97 Å². The van der Waals surface area contributed by atoms with Crippen LogP contribution < -0.4 is 4.74 Å². The topological polar surface area (TPSA) is 46.5 Å². The minimum Gasteiger partial charge on any atom is -0.497 e. The number of ether oxygens (including phenoxy) is 1. The fourth-order valence-corrected chi connectivity index (χ4v) is 1.65. The maximum absolute atomic E-state index is 11.0. The highest BCUT2D eigenvalue weighted by molar-refractivity contribution is 5.90. The van der Waals surface area contributed by atoms with E-state index in [1.165, 1.54) is 0 Å². The molecule has 0 spiro atoms. The van der Waals surface area contributed by atoms with Crippen molar-refractivity contribution in [2.24, 2.45) is 0 Å². The van der Waals surface area contributed by atoms with Crippen molar-refractivity contribution >= 4 is 5.97 Å². The molecule has 0 aromatic heterocycles. The van der Waals surface area contributed by atoms with Crippen LogP contribution in [0.1, 0.15) is 41.3 Å². The van der Waals surface area contributed by atoms with E-state index in [4.69, 9.17) is 9.84 Å². The Hall–Kier alpha value is -1.51. The Labute approximate surface area is 89.7 Å². The molecule has 0 radical (unpaired) electrons. The lowest BCUT2D eigenvalue weighted by molar-refractivity contribution is 0.0695. The van der Waals surface area contributed by atoms with Crippen molar-refractivity contribution < 1.29 is 14.6 Å². The normalized spacial score (nSPS) is 10.5. The molecule has 1 aromatic carbocycles. The minimum absolute atomic E-state index is 0.290. The molecule has 0 bridgehead atoms. The van der Waals surface area contributed by atoms with Gasteiger partial charge in [-0.05, 0) is 36.1 Å². The number of carbonyl (C=O) groups is 1. The van der Waals surface area contributed by atoms with E-state index >= 15 is 0 Å². The van der Waals surface area contributed by atoms with Gasteiger partial charge in [0.05, 0.1) is 12.7 Å². The Bertz CT molecular complexity index is 381. The van der Waals surface area contributed by atoms with Gasteiger partial charge in [-0.15, -0.1) is 0 Å². The summed E-state index contributed by atoms with van der Waals surface area (Å²) in [5.74, 6) is -0.0202. The molecule has 0 unspecified atom stereocenters. The zero-order valence-corrected chi connectivity index (χ0v) is 9.50. The van der Waals surface area contributed by atoms with E-state index in [9.17, 15) is 4.79 Å². The fraction of sp³-hybridized carbons (Fsp3) is 0.417. The number of hydrogen-bond acceptors (Lipinski definition) is 2. The van der Waals surface area contributed by atoms with Crippen LogP contribution in [0.2, 0.25) is 0 Å². The van der Waals surface area contributed by atoms with Crippen LogP contribution in [-0.4, -0.2) is 18.2 Å². The number of benzene rings is 1. The maximum Gasteiger partial charge on any atom is 0.336 e. The molecule has 0 aliphatic carbocycles. The van der Waals surface area contributed by atoms with Crippen LogP contribution in [0.3, 0.4) is 0 Å². The third-order valence-corrected chi connectivity index (χ3v) is 2.51. The second kappa shape index (κ2) is 4.34. The summed E-state index contributed by atoms with van der Waals surface area (Å²) in [5, 5.41) is 9.04. The van der Waals surface area contributed by atoms with Crippen LogP contribution in [0.5, 0.6) is 5.75 Å². The van der Waals surface area contributed by atoms with E-state index in [0.29, 0.717) is 11.3 Å². The largest absolute Gasteiger partial charge is 0.497 e. The van der Waals surface area contributed by atoms with Crippen LogP contribution in [-0.2, 0) is 0 Å². The molecule has 1 aromatic rings. The smallest absolute Gasteiger partial charge is 0.336 e. The summed E-state index contributed by atoms with van der Waals surface area (Å²) >= 11 is 0. The quantitative estimate of drug-likeness (QED) is 0.830. The highest BCUT2D eigenvalue weighted by Gasteiger charge is 2.14. The Kier molecular flexibility index (Phi) is 3.35. The highest BCUT2D eigenvalue weighted by atomic mass is 16.5. The summed E-state index contributed by atoms with van der Waals surface area (Å²) in [4.78, 5) is 11.0. The SMILES string of the molecule is COc1cc(C(=O)O)c(C)c(C(C)C)c1. The molecule has 0 atom stereocenters. The lowest BCUT2D eigenvalue weighted by Crippen LogP contribution is -2.05. The summed E-state index contributed by atoms with van der Waals surface area (Å²) in [7, 11) is 1.54. The van der Waals surface area contributed by atoms with Gasteiger partial charge in [0, 0.05) is 0 Å². The van der Waals surface area contributed by atoms with Gasteiger partial charge in [0.15, 0.2) is 0 Å². The molecule has 1 rings (SSSR count). The second-order valence-corrected chi connectivity index (χ2v) is 3.85. The predicted molar refractivity (Wildman–Crippen MR) is 58.8 cm³/mol. The first-order chi connectivity index (χ1) is 6.97. The molecular weight excluding hydrogens is 192 g/mol. The zero-order valence-electron chi connectivity index (χ0n) is 9.50.